The molecule has 28 heavy (non-hydrogen) atoms. The topological polar surface area (TPSA) is 109 Å². The predicted octanol–water partition coefficient (Wildman–Crippen LogP) is 3.87. The molecule has 0 spiro atoms. The molecule has 0 saturated heterocycles. The summed E-state index contributed by atoms with van der Waals surface area (Å²) in [7, 11) is -9.87. The molecule has 1 aliphatic carbocycles. The quantitative estimate of drug-likeness (QED) is 0.631. The van der Waals surface area contributed by atoms with Crippen LogP contribution in [0.2, 0.25) is 0 Å². The minimum absolute atomic E-state index is 0.0808. The smallest absolute Gasteiger partial charge is 0.285 e. The Morgan fingerprint density at radius 2 is 1.36 bits per heavy atom. The van der Waals surface area contributed by atoms with Crippen molar-refractivity contribution in [2.45, 2.75) is 19.1 Å². The van der Waals surface area contributed by atoms with Crippen molar-refractivity contribution in [1.29, 1.82) is 0 Å². The molecule has 2 atom stereocenters. The Balaban J connectivity index is 2.15. The second-order valence-electron chi connectivity index (χ2n) is 5.85. The van der Waals surface area contributed by atoms with Crippen LogP contribution < -0.4 is 0 Å². The summed E-state index contributed by atoms with van der Waals surface area (Å²) in [6, 6.07) is 17.0. The summed E-state index contributed by atoms with van der Waals surface area (Å²) in [5, 5.41) is -1.91. The average molecular weight is 457 g/mol. The van der Waals surface area contributed by atoms with Crippen LogP contribution in [0.15, 0.2) is 93.6 Å². The van der Waals surface area contributed by atoms with Crippen molar-refractivity contribution >= 4 is 43.8 Å². The minimum Gasteiger partial charge on any atom is -0.285 e. The zero-order chi connectivity index (χ0) is 20.4. The van der Waals surface area contributed by atoms with Crippen molar-refractivity contribution in [2.75, 3.05) is 0 Å². The minimum atomic E-state index is -4.96. The van der Waals surface area contributed by atoms with E-state index >= 15 is 0 Å². The lowest BCUT2D eigenvalue weighted by molar-refractivity contribution is 0.450. The SMILES string of the molecule is O=S(=O)(O)C1C(Sc2ccccc2)=CC=CC1(Sc1ccccc1)S(=O)(=O)O. The first-order valence-corrected chi connectivity index (χ1v) is 12.5. The second kappa shape index (κ2) is 8.05. The molecular formula is C18H16O6S4. The molecule has 6 nitrogen and oxygen atoms in total. The Morgan fingerprint density at radius 3 is 1.86 bits per heavy atom. The van der Waals surface area contributed by atoms with Crippen molar-refractivity contribution in [3.05, 3.63) is 83.8 Å². The van der Waals surface area contributed by atoms with Gasteiger partial charge in [-0.25, -0.2) is 0 Å². The molecular weight excluding hydrogens is 440 g/mol. The van der Waals surface area contributed by atoms with Crippen LogP contribution in [-0.2, 0) is 20.2 Å². The maximum Gasteiger partial charge on any atom is 0.286 e. The van der Waals surface area contributed by atoms with Gasteiger partial charge in [0.2, 0.25) is 0 Å². The molecule has 2 aromatic carbocycles. The van der Waals surface area contributed by atoms with Gasteiger partial charge in [-0.1, -0.05) is 72.1 Å². The fourth-order valence-electron chi connectivity index (χ4n) is 2.75. The number of allylic oxidation sites excluding steroid dienone is 2. The monoisotopic (exact) mass is 456 g/mol. The highest BCUT2D eigenvalue weighted by molar-refractivity contribution is 8.14. The first kappa shape index (κ1) is 21.2. The Labute approximate surface area is 172 Å². The number of hydrogen-bond acceptors (Lipinski definition) is 6. The molecule has 0 bridgehead atoms. The summed E-state index contributed by atoms with van der Waals surface area (Å²) in [5.74, 6) is 0. The van der Waals surface area contributed by atoms with Gasteiger partial charge in [0.1, 0.15) is 0 Å². The lowest BCUT2D eigenvalue weighted by atomic mass is 10.1. The zero-order valence-electron chi connectivity index (χ0n) is 14.2. The van der Waals surface area contributed by atoms with Gasteiger partial charge in [0.05, 0.1) is 0 Å². The van der Waals surface area contributed by atoms with E-state index in [0.29, 0.717) is 21.6 Å². The average Bonchev–Trinajstić information content (AvgIpc) is 2.61. The van der Waals surface area contributed by atoms with Crippen LogP contribution in [0.5, 0.6) is 0 Å². The summed E-state index contributed by atoms with van der Waals surface area (Å²) in [5.41, 5.74) is 0. The molecule has 2 unspecified atom stereocenters. The van der Waals surface area contributed by atoms with Crippen LogP contribution in [0.4, 0.5) is 0 Å². The maximum absolute atomic E-state index is 12.4. The standard InChI is InChI=1S/C18H16O6S4/c19-27(20,21)17-16(25-14-8-3-1-4-9-14)12-7-13-18(17,28(22,23)24)26-15-10-5-2-6-11-15/h1-13,17H,(H,19,20,21)(H,22,23,24). The van der Waals surface area contributed by atoms with E-state index in [4.69, 9.17) is 0 Å². The van der Waals surface area contributed by atoms with Gasteiger partial charge in [0.15, 0.2) is 9.33 Å². The Hall–Kier alpha value is -1.56. The molecule has 0 aliphatic heterocycles. The second-order valence-corrected chi connectivity index (χ2v) is 11.7. The van der Waals surface area contributed by atoms with Crippen molar-refractivity contribution in [2.24, 2.45) is 0 Å². The fraction of sp³-hybridized carbons (Fsp3) is 0.111. The van der Waals surface area contributed by atoms with Crippen LogP contribution in [-0.4, -0.2) is 35.3 Å². The highest BCUT2D eigenvalue weighted by Gasteiger charge is 2.57. The molecule has 0 radical (unpaired) electrons. The molecule has 1 aliphatic rings. The van der Waals surface area contributed by atoms with Crippen LogP contribution in [0, 0.1) is 0 Å². The largest absolute Gasteiger partial charge is 0.286 e. The molecule has 0 fully saturated rings. The van der Waals surface area contributed by atoms with E-state index in [-0.39, 0.29) is 4.91 Å². The maximum atomic E-state index is 12.4. The first-order chi connectivity index (χ1) is 13.1. The van der Waals surface area contributed by atoms with Gasteiger partial charge in [0, 0.05) is 14.7 Å². The van der Waals surface area contributed by atoms with Gasteiger partial charge in [0.25, 0.3) is 20.2 Å². The van der Waals surface area contributed by atoms with Gasteiger partial charge in [-0.3, -0.25) is 9.11 Å². The molecule has 0 amide bonds. The molecule has 0 saturated carbocycles. The molecule has 2 aromatic rings. The number of hydrogen-bond donors (Lipinski definition) is 2. The third-order valence-corrected chi connectivity index (χ3v) is 9.96. The normalized spacial score (nSPS) is 22.6. The third kappa shape index (κ3) is 4.37. The van der Waals surface area contributed by atoms with E-state index in [1.165, 1.54) is 12.2 Å². The molecule has 148 valence electrons. The van der Waals surface area contributed by atoms with Crippen LogP contribution >= 0.6 is 23.5 Å². The van der Waals surface area contributed by atoms with Crippen molar-refractivity contribution in [3.63, 3.8) is 0 Å². The highest BCUT2D eigenvalue weighted by Crippen LogP contribution is 2.50. The van der Waals surface area contributed by atoms with E-state index in [1.807, 2.05) is 0 Å². The Morgan fingerprint density at radius 1 is 0.821 bits per heavy atom. The first-order valence-electron chi connectivity index (χ1n) is 7.93. The lowest BCUT2D eigenvalue weighted by Gasteiger charge is -2.36. The molecule has 2 N–H and O–H groups in total. The summed E-state index contributed by atoms with van der Waals surface area (Å²) < 4.78 is 67.2. The van der Waals surface area contributed by atoms with Crippen LogP contribution in [0.1, 0.15) is 0 Å². The van der Waals surface area contributed by atoms with Crippen LogP contribution in [0.3, 0.4) is 0 Å². The molecule has 0 heterocycles. The van der Waals surface area contributed by atoms with Gasteiger partial charge < -0.3 is 0 Å². The number of thioether (sulfide) groups is 2. The summed E-state index contributed by atoms with van der Waals surface area (Å²) in [6.07, 6.45) is 3.88. The van der Waals surface area contributed by atoms with Crippen molar-refractivity contribution in [1.82, 2.24) is 0 Å². The summed E-state index contributed by atoms with van der Waals surface area (Å²) >= 11 is 1.66. The zero-order valence-corrected chi connectivity index (χ0v) is 17.5. The third-order valence-electron chi connectivity index (χ3n) is 3.91. The highest BCUT2D eigenvalue weighted by atomic mass is 32.3. The van der Waals surface area contributed by atoms with E-state index in [0.717, 1.165) is 17.8 Å². The molecule has 3 rings (SSSR count). The fourth-order valence-corrected chi connectivity index (χ4v) is 8.92. The van der Waals surface area contributed by atoms with Crippen molar-refractivity contribution < 1.29 is 25.9 Å². The number of benzene rings is 2. The summed E-state index contributed by atoms with van der Waals surface area (Å²) in [6.45, 7) is 0. The van der Waals surface area contributed by atoms with Gasteiger partial charge in [-0.05, 0) is 30.3 Å². The van der Waals surface area contributed by atoms with Gasteiger partial charge >= 0.3 is 0 Å². The van der Waals surface area contributed by atoms with Crippen molar-refractivity contribution in [3.8, 4) is 0 Å². The van der Waals surface area contributed by atoms with E-state index in [1.54, 1.807) is 60.7 Å². The van der Waals surface area contributed by atoms with Crippen LogP contribution in [0.25, 0.3) is 0 Å². The van der Waals surface area contributed by atoms with E-state index in [2.05, 4.69) is 0 Å². The Bertz CT molecular complexity index is 1110. The lowest BCUT2D eigenvalue weighted by Crippen LogP contribution is -2.50. The summed E-state index contributed by atoms with van der Waals surface area (Å²) in [4.78, 5) is 1.16. The molecule has 10 heteroatoms. The van der Waals surface area contributed by atoms with E-state index < -0.39 is 29.6 Å². The predicted molar refractivity (Wildman–Crippen MR) is 111 cm³/mol. The van der Waals surface area contributed by atoms with Gasteiger partial charge in [-0.2, -0.15) is 16.8 Å². The van der Waals surface area contributed by atoms with Gasteiger partial charge in [-0.15, -0.1) is 0 Å². The number of rotatable bonds is 6. The molecule has 0 aromatic heterocycles. The van der Waals surface area contributed by atoms with E-state index in [9.17, 15) is 25.9 Å². The Kier molecular flexibility index (Phi) is 6.08.